The number of anilines is 1. The Hall–Kier alpha value is -1.90. The maximum atomic E-state index is 12.7. The van der Waals surface area contributed by atoms with E-state index in [1.165, 1.54) is 5.56 Å². The molecule has 1 saturated carbocycles. The van der Waals surface area contributed by atoms with Gasteiger partial charge in [0.05, 0.1) is 22.8 Å². The number of carbonyl (C=O) groups excluding carboxylic acids is 1. The summed E-state index contributed by atoms with van der Waals surface area (Å²) in [4.78, 5) is 19.0. The van der Waals surface area contributed by atoms with E-state index in [4.69, 9.17) is 0 Å². The summed E-state index contributed by atoms with van der Waals surface area (Å²) in [5.41, 5.74) is 2.96. The van der Waals surface area contributed by atoms with Gasteiger partial charge in [-0.2, -0.15) is 0 Å². The molecule has 0 N–H and O–H groups in total. The van der Waals surface area contributed by atoms with Gasteiger partial charge < -0.3 is 4.90 Å². The predicted octanol–water partition coefficient (Wildman–Crippen LogP) is 3.02. The van der Waals surface area contributed by atoms with Crippen LogP contribution < -0.4 is 4.90 Å². The second-order valence-electron chi connectivity index (χ2n) is 5.69. The molecule has 1 spiro atoms. The molecule has 1 aliphatic heterocycles. The Kier molecular flexibility index (Phi) is 2.06. The van der Waals surface area contributed by atoms with Gasteiger partial charge in [0.2, 0.25) is 5.91 Å². The van der Waals surface area contributed by atoms with Crippen LogP contribution in [0.2, 0.25) is 0 Å². The fraction of sp³-hybridized carbons (Fsp3) is 0.375. The van der Waals surface area contributed by atoms with E-state index in [0.29, 0.717) is 0 Å². The number of hydrogen-bond donors (Lipinski definition) is 0. The molecule has 0 atom stereocenters. The third-order valence-corrected chi connectivity index (χ3v) is 4.77. The van der Waals surface area contributed by atoms with Crippen molar-refractivity contribution in [2.75, 3.05) is 11.9 Å². The van der Waals surface area contributed by atoms with Gasteiger partial charge in [0.1, 0.15) is 0 Å². The van der Waals surface area contributed by atoms with Gasteiger partial charge >= 0.3 is 0 Å². The molecule has 3 nitrogen and oxygen atoms in total. The van der Waals surface area contributed by atoms with E-state index >= 15 is 0 Å². The van der Waals surface area contributed by atoms with Crippen LogP contribution in [0.3, 0.4) is 0 Å². The van der Waals surface area contributed by atoms with Gasteiger partial charge in [-0.1, -0.05) is 31.0 Å². The Morgan fingerprint density at radius 3 is 2.74 bits per heavy atom. The highest BCUT2D eigenvalue weighted by Crippen LogP contribution is 2.52. The Balaban J connectivity index is 2.11. The summed E-state index contributed by atoms with van der Waals surface area (Å²) < 4.78 is 0. The van der Waals surface area contributed by atoms with Gasteiger partial charge in [-0.15, -0.1) is 0 Å². The lowest BCUT2D eigenvalue weighted by molar-refractivity contribution is -0.122. The van der Waals surface area contributed by atoms with Crippen molar-refractivity contribution < 1.29 is 4.79 Å². The van der Waals surface area contributed by atoms with Crippen molar-refractivity contribution in [2.45, 2.75) is 31.1 Å². The molecule has 1 fully saturated rings. The third kappa shape index (κ3) is 1.23. The van der Waals surface area contributed by atoms with Crippen molar-refractivity contribution in [2.24, 2.45) is 0 Å². The standard InChI is InChI=1S/C16H16N2O/c1-18-13-10-17-12-7-3-2-6-11(12)14(13)16(15(18)19)8-4-5-9-16/h2-3,6-7,10H,4-5,8-9H2,1H3. The zero-order valence-electron chi connectivity index (χ0n) is 11.0. The van der Waals surface area contributed by atoms with Crippen LogP contribution in [0.25, 0.3) is 10.9 Å². The summed E-state index contributed by atoms with van der Waals surface area (Å²) in [5.74, 6) is 0.262. The number of benzene rings is 1. The van der Waals surface area contributed by atoms with Crippen molar-refractivity contribution in [1.82, 2.24) is 4.98 Å². The maximum Gasteiger partial charge on any atom is 0.237 e. The van der Waals surface area contributed by atoms with E-state index in [1.54, 1.807) is 4.90 Å². The van der Waals surface area contributed by atoms with Crippen LogP contribution in [0.5, 0.6) is 0 Å². The second kappa shape index (κ2) is 3.56. The number of para-hydroxylation sites is 1. The largest absolute Gasteiger partial charge is 0.313 e. The molecule has 1 aliphatic carbocycles. The normalized spacial score (nSPS) is 20.5. The van der Waals surface area contributed by atoms with Gasteiger partial charge in [-0.3, -0.25) is 9.78 Å². The molecule has 2 heterocycles. The van der Waals surface area contributed by atoms with E-state index in [2.05, 4.69) is 11.1 Å². The minimum absolute atomic E-state index is 0.262. The number of rotatable bonds is 0. The minimum Gasteiger partial charge on any atom is -0.313 e. The number of aromatic nitrogens is 1. The first-order valence-corrected chi connectivity index (χ1v) is 6.90. The molecule has 1 aromatic carbocycles. The molecule has 0 unspecified atom stereocenters. The molecule has 1 aromatic heterocycles. The van der Waals surface area contributed by atoms with Crippen molar-refractivity contribution in [3.63, 3.8) is 0 Å². The highest BCUT2D eigenvalue weighted by Gasteiger charge is 2.52. The Bertz CT molecular complexity index is 686. The summed E-state index contributed by atoms with van der Waals surface area (Å²) in [7, 11) is 1.88. The fourth-order valence-electron chi connectivity index (χ4n) is 3.87. The summed E-state index contributed by atoms with van der Waals surface area (Å²) >= 11 is 0. The van der Waals surface area contributed by atoms with Gasteiger partial charge in [-0.05, 0) is 18.9 Å². The zero-order chi connectivity index (χ0) is 13.0. The molecule has 2 aromatic rings. The molecule has 3 heteroatoms. The quantitative estimate of drug-likeness (QED) is 0.722. The van der Waals surface area contributed by atoms with Crippen molar-refractivity contribution in [3.8, 4) is 0 Å². The van der Waals surface area contributed by atoms with E-state index < -0.39 is 0 Å². The number of likely N-dealkylation sites (N-methyl/N-ethyl adjacent to an activating group) is 1. The molecular weight excluding hydrogens is 236 g/mol. The fourth-order valence-corrected chi connectivity index (χ4v) is 3.87. The van der Waals surface area contributed by atoms with Crippen molar-refractivity contribution >= 4 is 22.5 Å². The first kappa shape index (κ1) is 11.0. The molecular formula is C16H16N2O. The highest BCUT2D eigenvalue weighted by molar-refractivity contribution is 6.12. The lowest BCUT2D eigenvalue weighted by atomic mass is 9.78. The van der Waals surface area contributed by atoms with Crippen LogP contribution in [0, 0.1) is 0 Å². The molecule has 96 valence electrons. The molecule has 0 radical (unpaired) electrons. The number of pyridine rings is 1. The molecule has 1 amide bonds. The smallest absolute Gasteiger partial charge is 0.237 e. The molecule has 0 saturated heterocycles. The Morgan fingerprint density at radius 1 is 1.21 bits per heavy atom. The summed E-state index contributed by atoms with van der Waals surface area (Å²) in [6.45, 7) is 0. The molecule has 19 heavy (non-hydrogen) atoms. The van der Waals surface area contributed by atoms with E-state index in [-0.39, 0.29) is 11.3 Å². The molecule has 0 bridgehead atoms. The van der Waals surface area contributed by atoms with Gasteiger partial charge in [-0.25, -0.2) is 0 Å². The Morgan fingerprint density at radius 2 is 1.95 bits per heavy atom. The predicted molar refractivity (Wildman–Crippen MR) is 75.3 cm³/mol. The number of hydrogen-bond acceptors (Lipinski definition) is 2. The van der Waals surface area contributed by atoms with Crippen LogP contribution in [0.1, 0.15) is 31.2 Å². The molecule has 2 aliphatic rings. The lowest BCUT2D eigenvalue weighted by Crippen LogP contribution is -2.36. The van der Waals surface area contributed by atoms with Crippen molar-refractivity contribution in [3.05, 3.63) is 36.0 Å². The highest BCUT2D eigenvalue weighted by atomic mass is 16.2. The lowest BCUT2D eigenvalue weighted by Gasteiger charge is -2.22. The summed E-state index contributed by atoms with van der Waals surface area (Å²) in [6.07, 6.45) is 6.13. The van der Waals surface area contributed by atoms with Gasteiger partial charge in [0.15, 0.2) is 0 Å². The number of fused-ring (bicyclic) bond motifs is 4. The van der Waals surface area contributed by atoms with Gasteiger partial charge in [0, 0.05) is 18.0 Å². The van der Waals surface area contributed by atoms with Crippen LogP contribution in [0.4, 0.5) is 5.69 Å². The number of amides is 1. The third-order valence-electron chi connectivity index (χ3n) is 4.77. The number of carbonyl (C=O) groups is 1. The maximum absolute atomic E-state index is 12.7. The zero-order valence-corrected chi connectivity index (χ0v) is 11.0. The second-order valence-corrected chi connectivity index (χ2v) is 5.69. The average Bonchev–Trinajstić information content (AvgIpc) is 3.01. The first-order valence-electron chi connectivity index (χ1n) is 6.90. The SMILES string of the molecule is CN1C(=O)C2(CCCC2)c2c1cnc1ccccc21. The van der Waals surface area contributed by atoms with Crippen LogP contribution >= 0.6 is 0 Å². The van der Waals surface area contributed by atoms with E-state index in [1.807, 2.05) is 31.4 Å². The van der Waals surface area contributed by atoms with E-state index in [0.717, 1.165) is 42.3 Å². The van der Waals surface area contributed by atoms with Gasteiger partial charge in [0.25, 0.3) is 0 Å². The molecule has 4 rings (SSSR count). The van der Waals surface area contributed by atoms with Crippen LogP contribution in [-0.4, -0.2) is 17.9 Å². The first-order chi connectivity index (χ1) is 9.24. The summed E-state index contributed by atoms with van der Waals surface area (Å²) in [6, 6.07) is 8.17. The van der Waals surface area contributed by atoms with Crippen LogP contribution in [0.15, 0.2) is 30.5 Å². The topological polar surface area (TPSA) is 33.2 Å². The minimum atomic E-state index is -0.271. The van der Waals surface area contributed by atoms with E-state index in [9.17, 15) is 4.79 Å². The summed E-state index contributed by atoms with van der Waals surface area (Å²) in [5, 5.41) is 1.15. The number of nitrogens with zero attached hydrogens (tertiary/aromatic N) is 2. The average molecular weight is 252 g/mol. The van der Waals surface area contributed by atoms with Crippen LogP contribution in [-0.2, 0) is 10.2 Å². The monoisotopic (exact) mass is 252 g/mol. The Labute approximate surface area is 112 Å². The van der Waals surface area contributed by atoms with Crippen molar-refractivity contribution in [1.29, 1.82) is 0 Å².